The molecule has 0 unspecified atom stereocenters. The number of nitrogens with zero attached hydrogens (tertiary/aromatic N) is 1. The number of methoxy groups -OCH3 is 3. The van der Waals surface area contributed by atoms with Gasteiger partial charge < -0.3 is 24.2 Å². The molecule has 4 atom stereocenters. The summed E-state index contributed by atoms with van der Waals surface area (Å²) in [4.78, 5) is 2.53. The Hall–Kier alpha value is -1.08. The average Bonchev–Trinajstić information content (AvgIpc) is 2.74. The van der Waals surface area contributed by atoms with Crippen molar-refractivity contribution in [3.05, 3.63) is 34.8 Å². The molecule has 3 rings (SSSR count). The Kier molecular flexibility index (Phi) is 7.54. The van der Waals surface area contributed by atoms with Gasteiger partial charge in [-0.25, -0.2) is 0 Å². The molecule has 1 aliphatic carbocycles. The lowest BCUT2D eigenvalue weighted by molar-refractivity contribution is -0.180. The van der Waals surface area contributed by atoms with Crippen LogP contribution in [0.3, 0.4) is 0 Å². The normalized spacial score (nSPS) is 31.5. The number of rotatable bonds is 9. The van der Waals surface area contributed by atoms with Crippen molar-refractivity contribution in [2.45, 2.75) is 38.7 Å². The summed E-state index contributed by atoms with van der Waals surface area (Å²) < 4.78 is 18.1. The molecule has 2 aliphatic rings. The SMILES string of the molecule is C=C[C@]12CN(CC)C[C@](COC)(CC[C@@H]1OC)[C@H]2CCc1cc(Br)cc(OC)c1O. The molecular formula is C24H36BrNO4. The second kappa shape index (κ2) is 9.60. The molecular weight excluding hydrogens is 446 g/mol. The zero-order valence-corrected chi connectivity index (χ0v) is 20.3. The van der Waals surface area contributed by atoms with Gasteiger partial charge in [0.1, 0.15) is 0 Å². The smallest absolute Gasteiger partial charge is 0.161 e. The Labute approximate surface area is 189 Å². The molecule has 1 N–H and O–H groups in total. The van der Waals surface area contributed by atoms with Gasteiger partial charge in [0, 0.05) is 42.6 Å². The maximum absolute atomic E-state index is 10.7. The van der Waals surface area contributed by atoms with E-state index in [0.29, 0.717) is 11.7 Å². The van der Waals surface area contributed by atoms with Crippen LogP contribution in [-0.2, 0) is 15.9 Å². The minimum atomic E-state index is -0.133. The van der Waals surface area contributed by atoms with Crippen LogP contribution in [0, 0.1) is 16.7 Å². The maximum Gasteiger partial charge on any atom is 0.161 e. The number of piperidine rings is 1. The summed E-state index contributed by atoms with van der Waals surface area (Å²) in [6.45, 7) is 10.2. The van der Waals surface area contributed by atoms with Gasteiger partial charge in [-0.05, 0) is 55.8 Å². The molecule has 1 saturated carbocycles. The van der Waals surface area contributed by atoms with Gasteiger partial charge in [-0.2, -0.15) is 0 Å². The molecule has 168 valence electrons. The molecule has 1 aromatic rings. The second-order valence-electron chi connectivity index (χ2n) is 8.89. The Balaban J connectivity index is 1.99. The predicted octanol–water partition coefficient (Wildman–Crippen LogP) is 4.66. The van der Waals surface area contributed by atoms with Crippen LogP contribution in [0.25, 0.3) is 0 Å². The van der Waals surface area contributed by atoms with Crippen molar-refractivity contribution in [3.8, 4) is 11.5 Å². The van der Waals surface area contributed by atoms with E-state index in [-0.39, 0.29) is 22.7 Å². The zero-order chi connectivity index (χ0) is 21.9. The van der Waals surface area contributed by atoms with Gasteiger partial charge in [0.05, 0.1) is 19.8 Å². The number of aryl methyl sites for hydroxylation is 1. The van der Waals surface area contributed by atoms with Crippen LogP contribution < -0.4 is 4.74 Å². The number of likely N-dealkylation sites (tertiary alicyclic amines) is 1. The van der Waals surface area contributed by atoms with E-state index >= 15 is 0 Å². The number of hydrogen-bond acceptors (Lipinski definition) is 5. The zero-order valence-electron chi connectivity index (χ0n) is 18.7. The fourth-order valence-electron chi connectivity index (χ4n) is 6.20. The van der Waals surface area contributed by atoms with Gasteiger partial charge in [-0.1, -0.05) is 28.9 Å². The maximum atomic E-state index is 10.7. The van der Waals surface area contributed by atoms with E-state index < -0.39 is 0 Å². The number of benzene rings is 1. The van der Waals surface area contributed by atoms with E-state index in [1.807, 2.05) is 13.2 Å². The molecule has 2 fully saturated rings. The predicted molar refractivity (Wildman–Crippen MR) is 123 cm³/mol. The molecule has 0 amide bonds. The molecule has 0 radical (unpaired) electrons. The van der Waals surface area contributed by atoms with Gasteiger partial charge in [-0.3, -0.25) is 0 Å². The van der Waals surface area contributed by atoms with Crippen LogP contribution in [-0.4, -0.2) is 63.7 Å². The quantitative estimate of drug-likeness (QED) is 0.519. The lowest BCUT2D eigenvalue weighted by atomic mass is 9.49. The van der Waals surface area contributed by atoms with Crippen LogP contribution in [0.15, 0.2) is 29.3 Å². The van der Waals surface area contributed by atoms with Crippen molar-refractivity contribution in [1.29, 1.82) is 0 Å². The largest absolute Gasteiger partial charge is 0.504 e. The number of ether oxygens (including phenoxy) is 3. The van der Waals surface area contributed by atoms with E-state index in [4.69, 9.17) is 14.2 Å². The number of hydrogen-bond donors (Lipinski definition) is 1. The molecule has 1 heterocycles. The van der Waals surface area contributed by atoms with Crippen LogP contribution in [0.1, 0.15) is 31.7 Å². The Morgan fingerprint density at radius 2 is 2.07 bits per heavy atom. The van der Waals surface area contributed by atoms with Gasteiger partial charge in [-0.15, -0.1) is 6.58 Å². The summed E-state index contributed by atoms with van der Waals surface area (Å²) in [5, 5.41) is 10.7. The van der Waals surface area contributed by atoms with E-state index in [1.54, 1.807) is 20.3 Å². The third-order valence-electron chi connectivity index (χ3n) is 7.51. The summed E-state index contributed by atoms with van der Waals surface area (Å²) >= 11 is 3.55. The fraction of sp³-hybridized carbons (Fsp3) is 0.667. The van der Waals surface area contributed by atoms with E-state index in [9.17, 15) is 5.11 Å². The number of fused-ring (bicyclic) bond motifs is 2. The highest BCUT2D eigenvalue weighted by Gasteiger charge is 2.60. The first-order valence-electron chi connectivity index (χ1n) is 10.8. The highest BCUT2D eigenvalue weighted by molar-refractivity contribution is 9.10. The van der Waals surface area contributed by atoms with Crippen molar-refractivity contribution < 1.29 is 19.3 Å². The van der Waals surface area contributed by atoms with E-state index in [1.165, 1.54) is 0 Å². The Bertz CT molecular complexity index is 757. The number of halogens is 1. The van der Waals surface area contributed by atoms with E-state index in [2.05, 4.69) is 40.4 Å². The molecule has 1 aromatic carbocycles. The monoisotopic (exact) mass is 481 g/mol. The lowest BCUT2D eigenvalue weighted by Crippen LogP contribution is -2.66. The number of aromatic hydroxyl groups is 1. The topological polar surface area (TPSA) is 51.2 Å². The van der Waals surface area contributed by atoms with Gasteiger partial charge >= 0.3 is 0 Å². The van der Waals surface area contributed by atoms with Gasteiger partial charge in [0.2, 0.25) is 0 Å². The van der Waals surface area contributed by atoms with Gasteiger partial charge in [0.15, 0.2) is 11.5 Å². The highest BCUT2D eigenvalue weighted by atomic mass is 79.9. The van der Waals surface area contributed by atoms with Crippen LogP contribution >= 0.6 is 15.9 Å². The van der Waals surface area contributed by atoms with Gasteiger partial charge in [0.25, 0.3) is 0 Å². The number of phenolic OH excluding ortho intramolecular Hbond substituents is 1. The fourth-order valence-corrected chi connectivity index (χ4v) is 6.68. The first kappa shape index (κ1) is 23.6. The van der Waals surface area contributed by atoms with Crippen molar-refractivity contribution in [2.75, 3.05) is 47.6 Å². The molecule has 5 nitrogen and oxygen atoms in total. The van der Waals surface area contributed by atoms with Crippen molar-refractivity contribution in [3.63, 3.8) is 0 Å². The van der Waals surface area contributed by atoms with Crippen molar-refractivity contribution in [1.82, 2.24) is 4.90 Å². The lowest BCUT2D eigenvalue weighted by Gasteiger charge is -2.63. The standard InChI is InChI=1S/C24H36BrNO4/c1-6-24-15-26(7-2)14-23(16-28-3,11-10-21(24)30-5)20(24)9-8-17-12-18(25)13-19(29-4)22(17)27/h6,12-13,20-21,27H,1,7-11,14-16H2,2-5H3/t20-,21+,23+,24-/m1/s1. The summed E-state index contributed by atoms with van der Waals surface area (Å²) in [7, 11) is 5.21. The summed E-state index contributed by atoms with van der Waals surface area (Å²) in [5.74, 6) is 1.09. The Morgan fingerprint density at radius 1 is 1.30 bits per heavy atom. The molecule has 0 aromatic heterocycles. The highest BCUT2D eigenvalue weighted by Crippen LogP contribution is 2.58. The van der Waals surface area contributed by atoms with Crippen molar-refractivity contribution >= 4 is 15.9 Å². The summed E-state index contributed by atoms with van der Waals surface area (Å²) in [6, 6.07) is 3.79. The Morgan fingerprint density at radius 3 is 2.67 bits per heavy atom. The summed E-state index contributed by atoms with van der Waals surface area (Å²) in [6.07, 6.45) is 6.08. The van der Waals surface area contributed by atoms with Crippen LogP contribution in [0.5, 0.6) is 11.5 Å². The molecule has 1 aliphatic heterocycles. The molecule has 30 heavy (non-hydrogen) atoms. The molecule has 6 heteroatoms. The molecule has 2 bridgehead atoms. The minimum absolute atomic E-state index is 0.0535. The first-order chi connectivity index (χ1) is 14.4. The van der Waals surface area contributed by atoms with Crippen LogP contribution in [0.2, 0.25) is 0 Å². The third kappa shape index (κ3) is 4.04. The first-order valence-corrected chi connectivity index (χ1v) is 11.6. The summed E-state index contributed by atoms with van der Waals surface area (Å²) in [5.41, 5.74) is 0.821. The second-order valence-corrected chi connectivity index (χ2v) is 9.80. The average molecular weight is 482 g/mol. The molecule has 1 saturated heterocycles. The third-order valence-corrected chi connectivity index (χ3v) is 7.97. The number of phenols is 1. The molecule has 0 spiro atoms. The van der Waals surface area contributed by atoms with Crippen LogP contribution in [0.4, 0.5) is 0 Å². The van der Waals surface area contributed by atoms with Crippen molar-refractivity contribution in [2.24, 2.45) is 16.7 Å². The van der Waals surface area contributed by atoms with E-state index in [0.717, 1.165) is 62.0 Å². The minimum Gasteiger partial charge on any atom is -0.504 e.